The van der Waals surface area contributed by atoms with Crippen molar-refractivity contribution in [2.75, 3.05) is 20.0 Å². The first-order valence-electron chi connectivity index (χ1n) is 9.42. The zero-order valence-corrected chi connectivity index (χ0v) is 16.8. The second-order valence-corrected chi connectivity index (χ2v) is 6.79. The molecule has 2 N–H and O–H groups in total. The minimum absolute atomic E-state index is 0.201. The topological polar surface area (TPSA) is 71.5 Å². The Hall–Kier alpha value is -3.74. The number of fused-ring (bicyclic) bond motifs is 1. The Kier molecular flexibility index (Phi) is 5.43. The van der Waals surface area contributed by atoms with E-state index in [4.69, 9.17) is 19.9 Å². The highest BCUT2D eigenvalue weighted by molar-refractivity contribution is 5.78. The van der Waals surface area contributed by atoms with Crippen LogP contribution in [0.15, 0.2) is 60.7 Å². The van der Waals surface area contributed by atoms with Gasteiger partial charge in [0.25, 0.3) is 0 Å². The van der Waals surface area contributed by atoms with Crippen LogP contribution in [0.1, 0.15) is 11.1 Å². The molecule has 3 aromatic carbocycles. The van der Waals surface area contributed by atoms with E-state index < -0.39 is 5.82 Å². The number of methoxy groups -OCH3 is 2. The minimum Gasteiger partial charge on any atom is -0.494 e. The van der Waals surface area contributed by atoms with Crippen molar-refractivity contribution < 1.29 is 18.6 Å². The molecule has 0 aliphatic carbocycles. The maximum Gasteiger partial charge on any atom is 0.201 e. The Balaban J connectivity index is 1.53. The Morgan fingerprint density at radius 1 is 0.900 bits per heavy atom. The van der Waals surface area contributed by atoms with Crippen LogP contribution < -0.4 is 19.9 Å². The Bertz CT molecular complexity index is 1190. The van der Waals surface area contributed by atoms with Crippen LogP contribution in [0, 0.1) is 5.82 Å². The number of benzene rings is 3. The summed E-state index contributed by atoms with van der Waals surface area (Å²) in [6, 6.07) is 18.2. The van der Waals surface area contributed by atoms with Gasteiger partial charge in [0.05, 0.1) is 31.8 Å². The number of halogens is 1. The second kappa shape index (κ2) is 8.32. The molecule has 0 saturated heterocycles. The first kappa shape index (κ1) is 19.6. The number of imidazole rings is 1. The van der Waals surface area contributed by atoms with E-state index in [0.29, 0.717) is 29.6 Å². The molecule has 1 heterocycles. The van der Waals surface area contributed by atoms with E-state index in [1.54, 1.807) is 19.2 Å². The van der Waals surface area contributed by atoms with Gasteiger partial charge in [0, 0.05) is 0 Å². The summed E-state index contributed by atoms with van der Waals surface area (Å²) in [5.74, 6) is 1.39. The summed E-state index contributed by atoms with van der Waals surface area (Å²) >= 11 is 0. The van der Waals surface area contributed by atoms with Crippen molar-refractivity contribution in [3.8, 4) is 17.2 Å². The van der Waals surface area contributed by atoms with Gasteiger partial charge in [0.1, 0.15) is 6.61 Å². The lowest BCUT2D eigenvalue weighted by molar-refractivity contribution is 0.283. The quantitative estimate of drug-likeness (QED) is 0.492. The van der Waals surface area contributed by atoms with Gasteiger partial charge in [0.2, 0.25) is 5.95 Å². The normalized spacial score (nSPS) is 10.9. The molecule has 0 unspecified atom stereocenters. The lowest BCUT2D eigenvalue weighted by atomic mass is 10.2. The van der Waals surface area contributed by atoms with Crippen LogP contribution in [0.2, 0.25) is 0 Å². The van der Waals surface area contributed by atoms with Gasteiger partial charge in [-0.1, -0.05) is 24.3 Å². The first-order chi connectivity index (χ1) is 14.6. The van der Waals surface area contributed by atoms with E-state index in [9.17, 15) is 4.39 Å². The molecule has 0 fully saturated rings. The minimum atomic E-state index is -0.425. The van der Waals surface area contributed by atoms with Gasteiger partial charge in [-0.05, 0) is 47.5 Å². The van der Waals surface area contributed by atoms with Crippen LogP contribution in [-0.4, -0.2) is 23.8 Å². The number of anilines is 1. The zero-order chi connectivity index (χ0) is 21.1. The highest BCUT2D eigenvalue weighted by atomic mass is 19.1. The fourth-order valence-corrected chi connectivity index (χ4v) is 3.33. The number of ether oxygens (including phenoxy) is 3. The largest absolute Gasteiger partial charge is 0.494 e. The van der Waals surface area contributed by atoms with Crippen LogP contribution in [0.4, 0.5) is 10.3 Å². The number of hydrogen-bond acceptors (Lipinski definition) is 5. The second-order valence-electron chi connectivity index (χ2n) is 6.79. The van der Waals surface area contributed by atoms with Crippen molar-refractivity contribution >= 4 is 17.0 Å². The molecule has 0 amide bonds. The van der Waals surface area contributed by atoms with E-state index in [1.165, 1.54) is 13.2 Å². The number of nitrogens with two attached hydrogens (primary N) is 1. The van der Waals surface area contributed by atoms with Crippen LogP contribution in [0.25, 0.3) is 11.0 Å². The SMILES string of the molecule is COc1ccc(COc2ccc(Cn3c(N)nc4ccccc43)cc2OC)cc1F. The van der Waals surface area contributed by atoms with Crippen molar-refractivity contribution in [2.45, 2.75) is 13.2 Å². The Labute approximate surface area is 173 Å². The summed E-state index contributed by atoms with van der Waals surface area (Å²) in [6.45, 7) is 0.752. The summed E-state index contributed by atoms with van der Waals surface area (Å²) in [4.78, 5) is 4.40. The molecule has 0 aliphatic heterocycles. The molecule has 4 rings (SSSR count). The maximum absolute atomic E-state index is 13.9. The number of nitrogen functional groups attached to an aromatic ring is 1. The molecule has 30 heavy (non-hydrogen) atoms. The summed E-state index contributed by atoms with van der Waals surface area (Å²) in [6.07, 6.45) is 0. The summed E-state index contributed by atoms with van der Waals surface area (Å²) in [5.41, 5.74) is 9.61. The smallest absolute Gasteiger partial charge is 0.201 e. The number of para-hydroxylation sites is 2. The third-order valence-corrected chi connectivity index (χ3v) is 4.86. The fraction of sp³-hybridized carbons (Fsp3) is 0.174. The molecule has 7 heteroatoms. The molecular weight excluding hydrogens is 385 g/mol. The van der Waals surface area contributed by atoms with Gasteiger partial charge in [-0.15, -0.1) is 0 Å². The van der Waals surface area contributed by atoms with Crippen LogP contribution in [0.5, 0.6) is 17.2 Å². The third kappa shape index (κ3) is 3.87. The maximum atomic E-state index is 13.9. The van der Waals surface area contributed by atoms with Crippen LogP contribution in [0.3, 0.4) is 0 Å². The highest BCUT2D eigenvalue weighted by Crippen LogP contribution is 2.30. The van der Waals surface area contributed by atoms with Crippen molar-refractivity contribution in [1.82, 2.24) is 9.55 Å². The zero-order valence-electron chi connectivity index (χ0n) is 16.8. The average molecular weight is 407 g/mol. The van der Waals surface area contributed by atoms with Gasteiger partial charge in [-0.25, -0.2) is 9.37 Å². The predicted molar refractivity (Wildman–Crippen MR) is 114 cm³/mol. The van der Waals surface area contributed by atoms with Gasteiger partial charge < -0.3 is 24.5 Å². The molecule has 154 valence electrons. The van der Waals surface area contributed by atoms with Gasteiger partial charge in [-0.2, -0.15) is 0 Å². The van der Waals surface area contributed by atoms with E-state index in [0.717, 1.165) is 16.6 Å². The van der Waals surface area contributed by atoms with E-state index in [2.05, 4.69) is 4.98 Å². The molecule has 0 atom stereocenters. The monoisotopic (exact) mass is 407 g/mol. The number of nitrogens with zero attached hydrogens (tertiary/aromatic N) is 2. The molecular formula is C23H22FN3O3. The lowest BCUT2D eigenvalue weighted by Crippen LogP contribution is -2.05. The molecule has 1 aromatic heterocycles. The molecule has 6 nitrogen and oxygen atoms in total. The van der Waals surface area contributed by atoms with Crippen molar-refractivity contribution in [3.05, 3.63) is 77.6 Å². The Morgan fingerprint density at radius 3 is 2.40 bits per heavy atom. The standard InChI is InChI=1S/C23H22FN3O3/c1-28-20-9-8-16(11-17(20)24)14-30-21-10-7-15(12-22(21)29-2)13-27-19-6-4-3-5-18(19)26-23(27)25/h3-12H,13-14H2,1-2H3,(H2,25,26). The fourth-order valence-electron chi connectivity index (χ4n) is 3.33. The van der Waals surface area contributed by atoms with Crippen molar-refractivity contribution in [3.63, 3.8) is 0 Å². The molecule has 0 spiro atoms. The van der Waals surface area contributed by atoms with E-state index in [1.807, 2.05) is 47.0 Å². The average Bonchev–Trinajstić information content (AvgIpc) is 3.08. The molecule has 0 radical (unpaired) electrons. The number of hydrogen-bond donors (Lipinski definition) is 1. The molecule has 0 bridgehead atoms. The van der Waals surface area contributed by atoms with Crippen LogP contribution in [-0.2, 0) is 13.2 Å². The van der Waals surface area contributed by atoms with E-state index >= 15 is 0 Å². The highest BCUT2D eigenvalue weighted by Gasteiger charge is 2.11. The van der Waals surface area contributed by atoms with Crippen molar-refractivity contribution in [1.29, 1.82) is 0 Å². The molecule has 4 aromatic rings. The van der Waals surface area contributed by atoms with Gasteiger partial charge >= 0.3 is 0 Å². The molecule has 0 saturated carbocycles. The molecule has 0 aliphatic rings. The number of aromatic nitrogens is 2. The van der Waals surface area contributed by atoms with Crippen molar-refractivity contribution in [2.24, 2.45) is 0 Å². The van der Waals surface area contributed by atoms with E-state index in [-0.39, 0.29) is 12.4 Å². The van der Waals surface area contributed by atoms with Gasteiger partial charge in [0.15, 0.2) is 23.1 Å². The third-order valence-electron chi connectivity index (χ3n) is 4.86. The van der Waals surface area contributed by atoms with Crippen LogP contribution >= 0.6 is 0 Å². The summed E-state index contributed by atoms with van der Waals surface area (Å²) in [5, 5.41) is 0. The first-order valence-corrected chi connectivity index (χ1v) is 9.42. The summed E-state index contributed by atoms with van der Waals surface area (Å²) < 4.78 is 32.1. The lowest BCUT2D eigenvalue weighted by Gasteiger charge is -2.14. The van der Waals surface area contributed by atoms with Gasteiger partial charge in [-0.3, -0.25) is 0 Å². The summed E-state index contributed by atoms with van der Waals surface area (Å²) in [7, 11) is 3.02. The number of rotatable bonds is 7. The Morgan fingerprint density at radius 2 is 1.63 bits per heavy atom. The predicted octanol–water partition coefficient (Wildman–Crippen LogP) is 4.40.